The van der Waals surface area contributed by atoms with Gasteiger partial charge in [-0.1, -0.05) is 72.8 Å². The van der Waals surface area contributed by atoms with Gasteiger partial charge in [-0.2, -0.15) is 0 Å². The maximum absolute atomic E-state index is 8.37. The Labute approximate surface area is 183 Å². The van der Waals surface area contributed by atoms with E-state index in [0.717, 1.165) is 33.6 Å². The quantitative estimate of drug-likeness (QED) is 0.251. The molecule has 0 saturated heterocycles. The molecule has 2 aromatic heterocycles. The molecule has 0 aliphatic heterocycles. The van der Waals surface area contributed by atoms with E-state index in [2.05, 4.69) is 9.97 Å². The smallest absolute Gasteiger partial charge is 0.103 e. The summed E-state index contributed by atoms with van der Waals surface area (Å²) in [5.74, 6) is -0.372. The van der Waals surface area contributed by atoms with Crippen LogP contribution >= 0.6 is 0 Å². The van der Waals surface area contributed by atoms with Crippen LogP contribution in [0, 0.1) is 5.41 Å². The molecule has 4 aromatic rings. The second kappa shape index (κ2) is 9.35. The van der Waals surface area contributed by atoms with E-state index in [0.29, 0.717) is 0 Å². The van der Waals surface area contributed by atoms with Crippen LogP contribution in [0.3, 0.4) is 0 Å². The minimum absolute atomic E-state index is 0. The topological polar surface area (TPSA) is 75.7 Å². The van der Waals surface area contributed by atoms with E-state index in [1.54, 1.807) is 12.4 Å². The Kier molecular flexibility index (Phi) is 6.63. The van der Waals surface area contributed by atoms with Crippen LogP contribution in [0.5, 0.6) is 0 Å². The van der Waals surface area contributed by atoms with Crippen molar-refractivity contribution in [3.8, 4) is 22.5 Å². The number of aromatic nitrogens is 2. The number of rotatable bonds is 5. The summed E-state index contributed by atoms with van der Waals surface area (Å²) >= 11 is 0. The van der Waals surface area contributed by atoms with Gasteiger partial charge < -0.3 is 5.73 Å². The second-order valence-electron chi connectivity index (χ2n) is 6.50. The molecule has 144 valence electrons. The van der Waals surface area contributed by atoms with Gasteiger partial charge in [-0.05, 0) is 23.3 Å². The van der Waals surface area contributed by atoms with Crippen molar-refractivity contribution in [2.75, 3.05) is 0 Å². The van der Waals surface area contributed by atoms with E-state index in [1.165, 1.54) is 0 Å². The van der Waals surface area contributed by atoms with Gasteiger partial charge in [0.2, 0.25) is 0 Å². The number of hydrogen-bond donors (Lipinski definition) is 2. The average Bonchev–Trinajstić information content (AvgIpc) is 2.76. The normalized spacial score (nSPS) is 10.4. The Morgan fingerprint density at radius 1 is 0.655 bits per heavy atom. The molecule has 0 atom stereocenters. The summed E-state index contributed by atoms with van der Waals surface area (Å²) < 4.78 is 0. The van der Waals surface area contributed by atoms with Gasteiger partial charge in [0.1, 0.15) is 5.84 Å². The largest absolute Gasteiger partial charge is 0.387 e. The number of hydrogen-bond acceptors (Lipinski definition) is 3. The Bertz CT molecular complexity index is 1010. The number of nitrogens with zero attached hydrogens (tertiary/aromatic N) is 2. The van der Waals surface area contributed by atoms with Crippen molar-refractivity contribution in [3.63, 3.8) is 0 Å². The maximum atomic E-state index is 8.37. The van der Waals surface area contributed by atoms with Gasteiger partial charge in [0.15, 0.2) is 0 Å². The van der Waals surface area contributed by atoms with Gasteiger partial charge in [0.05, 0.1) is 17.3 Å². The summed E-state index contributed by atoms with van der Waals surface area (Å²) in [5, 5.41) is 8.37. The molecular weight excluding hydrogens is 445 g/mol. The SMILES string of the molecule is N=C(N)C(c1cccnc1-c1ccccc1)c1cccnc1-c1ccccc1.[Ru]. The Morgan fingerprint density at radius 3 is 1.45 bits per heavy atom. The summed E-state index contributed by atoms with van der Waals surface area (Å²) in [5.41, 5.74) is 11.6. The van der Waals surface area contributed by atoms with E-state index >= 15 is 0 Å². The van der Waals surface area contributed by atoms with E-state index in [9.17, 15) is 0 Å². The van der Waals surface area contributed by atoms with Crippen molar-refractivity contribution in [2.45, 2.75) is 5.92 Å². The third-order valence-electron chi connectivity index (χ3n) is 4.71. The molecule has 2 heterocycles. The Morgan fingerprint density at radius 2 is 1.07 bits per heavy atom. The van der Waals surface area contributed by atoms with Gasteiger partial charge in [0, 0.05) is 43.0 Å². The molecule has 2 aromatic carbocycles. The Balaban J connectivity index is 0.00000240. The number of nitrogens with two attached hydrogens (primary N) is 1. The van der Waals surface area contributed by atoms with Gasteiger partial charge in [-0.3, -0.25) is 15.4 Å². The van der Waals surface area contributed by atoms with Gasteiger partial charge in [-0.15, -0.1) is 0 Å². The van der Waals surface area contributed by atoms with Gasteiger partial charge >= 0.3 is 0 Å². The van der Waals surface area contributed by atoms with Gasteiger partial charge in [-0.25, -0.2) is 0 Å². The molecule has 0 aliphatic rings. The molecule has 3 N–H and O–H groups in total. The standard InChI is InChI=1S/C24H20N4.Ru/c25-24(26)21(19-13-7-15-27-22(19)17-9-3-1-4-10-17)20-14-8-16-28-23(20)18-11-5-2-6-12-18;/h1-16,21H,(H3,25,26);. The van der Waals surface area contributed by atoms with E-state index in [1.807, 2.05) is 84.9 Å². The molecule has 5 heteroatoms. The van der Waals surface area contributed by atoms with Gasteiger partial charge in [0.25, 0.3) is 0 Å². The zero-order valence-corrected chi connectivity index (χ0v) is 17.4. The summed E-state index contributed by atoms with van der Waals surface area (Å²) in [6.45, 7) is 0. The monoisotopic (exact) mass is 466 g/mol. The number of pyridine rings is 2. The summed E-state index contributed by atoms with van der Waals surface area (Å²) in [4.78, 5) is 9.22. The fourth-order valence-corrected chi connectivity index (χ4v) is 3.48. The first kappa shape index (κ1) is 20.6. The van der Waals surface area contributed by atoms with Crippen LogP contribution in [0.25, 0.3) is 22.5 Å². The molecule has 0 amide bonds. The molecule has 0 saturated carbocycles. The van der Waals surface area contributed by atoms with E-state index in [4.69, 9.17) is 11.1 Å². The molecule has 0 bridgehead atoms. The van der Waals surface area contributed by atoms with Crippen LogP contribution in [0.1, 0.15) is 17.0 Å². The van der Waals surface area contributed by atoms with Crippen molar-refractivity contribution < 1.29 is 19.5 Å². The third kappa shape index (κ3) is 4.31. The van der Waals surface area contributed by atoms with Crippen LogP contribution < -0.4 is 5.73 Å². The zero-order valence-electron chi connectivity index (χ0n) is 15.6. The molecule has 29 heavy (non-hydrogen) atoms. The predicted molar refractivity (Wildman–Crippen MR) is 113 cm³/mol. The van der Waals surface area contributed by atoms with Crippen LogP contribution in [0.15, 0.2) is 97.3 Å². The summed E-state index contributed by atoms with van der Waals surface area (Å²) in [7, 11) is 0. The molecule has 0 aliphatic carbocycles. The Hall–Kier alpha value is -3.17. The molecule has 0 unspecified atom stereocenters. The van der Waals surface area contributed by atoms with Crippen molar-refractivity contribution in [1.29, 1.82) is 5.41 Å². The van der Waals surface area contributed by atoms with Crippen LogP contribution in [-0.2, 0) is 19.5 Å². The fourth-order valence-electron chi connectivity index (χ4n) is 3.48. The summed E-state index contributed by atoms with van der Waals surface area (Å²) in [6.07, 6.45) is 3.54. The second-order valence-corrected chi connectivity index (χ2v) is 6.50. The van der Waals surface area contributed by atoms with Crippen molar-refractivity contribution >= 4 is 5.84 Å². The predicted octanol–water partition coefficient (Wildman–Crippen LogP) is 4.88. The molecular formula is C24H20N4Ru. The minimum Gasteiger partial charge on any atom is -0.387 e. The maximum Gasteiger partial charge on any atom is 0.103 e. The molecule has 0 fully saturated rings. The number of benzene rings is 2. The number of amidine groups is 1. The molecule has 0 spiro atoms. The first-order valence-corrected chi connectivity index (χ1v) is 9.10. The van der Waals surface area contributed by atoms with Crippen molar-refractivity contribution in [3.05, 3.63) is 108 Å². The molecule has 4 nitrogen and oxygen atoms in total. The van der Waals surface area contributed by atoms with Crippen LogP contribution in [0.2, 0.25) is 0 Å². The van der Waals surface area contributed by atoms with Crippen LogP contribution in [0.4, 0.5) is 0 Å². The average molecular weight is 466 g/mol. The first-order chi connectivity index (χ1) is 13.8. The van der Waals surface area contributed by atoms with Crippen LogP contribution in [-0.4, -0.2) is 15.8 Å². The van der Waals surface area contributed by atoms with Crippen molar-refractivity contribution in [1.82, 2.24) is 9.97 Å². The first-order valence-electron chi connectivity index (χ1n) is 9.10. The zero-order chi connectivity index (χ0) is 19.3. The summed E-state index contributed by atoms with van der Waals surface area (Å²) in [6, 6.07) is 27.7. The fraction of sp³-hybridized carbons (Fsp3) is 0.0417. The minimum atomic E-state index is -0.437. The van der Waals surface area contributed by atoms with E-state index < -0.39 is 5.92 Å². The van der Waals surface area contributed by atoms with E-state index in [-0.39, 0.29) is 25.3 Å². The number of nitrogens with one attached hydrogen (secondary N) is 1. The molecule has 0 radical (unpaired) electrons. The third-order valence-corrected chi connectivity index (χ3v) is 4.71. The molecule has 4 rings (SSSR count). The van der Waals surface area contributed by atoms with Crippen molar-refractivity contribution in [2.24, 2.45) is 5.73 Å².